The van der Waals surface area contributed by atoms with Crippen molar-refractivity contribution in [2.75, 3.05) is 0 Å². The molecule has 0 unspecified atom stereocenters. The van der Waals surface area contributed by atoms with Crippen molar-refractivity contribution < 1.29 is 9.53 Å². The number of nitrogens with zero attached hydrogens (tertiary/aromatic N) is 1. The molecule has 0 heterocycles. The lowest BCUT2D eigenvalue weighted by molar-refractivity contribution is 0.277. The first kappa shape index (κ1) is 20.4. The Morgan fingerprint density at radius 3 is 1.76 bits per heavy atom. The summed E-state index contributed by atoms with van der Waals surface area (Å²) >= 11 is 0. The highest BCUT2D eigenvalue weighted by Gasteiger charge is 2.42. The van der Waals surface area contributed by atoms with Crippen LogP contribution in [0.1, 0.15) is 41.5 Å². The zero-order valence-electron chi connectivity index (χ0n) is 15.5. The molecule has 5 heteroatoms. The van der Waals surface area contributed by atoms with Crippen molar-refractivity contribution in [1.29, 1.82) is 5.26 Å². The first-order valence-corrected chi connectivity index (χ1v) is 13.5. The minimum absolute atomic E-state index is 0.0326. The molecule has 0 aliphatic heterocycles. The molecule has 0 rings (SSSR count). The van der Waals surface area contributed by atoms with Crippen LogP contribution in [0.25, 0.3) is 0 Å². The molecule has 0 aliphatic rings. The highest BCUT2D eigenvalue weighted by molar-refractivity contribution is 6.81. The first-order chi connectivity index (χ1) is 9.06. The highest BCUT2D eigenvalue weighted by atomic mass is 28.4. The molecule has 21 heavy (non-hydrogen) atoms. The average Bonchev–Trinajstić information content (AvgIpc) is 2.24. The summed E-state index contributed by atoms with van der Waals surface area (Å²) in [6.07, 6.45) is 1.64. The predicted octanol–water partition coefficient (Wildman–Crippen LogP) is 4.82. The van der Waals surface area contributed by atoms with Gasteiger partial charge < -0.3 is 9.53 Å². The first-order valence-electron chi connectivity index (χ1n) is 7.55. The molecule has 0 spiro atoms. The minimum atomic E-state index is -2.05. The highest BCUT2D eigenvalue weighted by Crippen LogP contribution is 2.40. The molecule has 0 radical (unpaired) electrons. The second-order valence-electron chi connectivity index (χ2n) is 8.92. The van der Waals surface area contributed by atoms with Gasteiger partial charge in [0.1, 0.15) is 6.07 Å². The molecule has 1 N–H and O–H groups in total. The van der Waals surface area contributed by atoms with Gasteiger partial charge in [-0.25, -0.2) is 0 Å². The van der Waals surface area contributed by atoms with E-state index in [9.17, 15) is 10.4 Å². The summed E-state index contributed by atoms with van der Waals surface area (Å²) in [5.41, 5.74) is -0.586. The van der Waals surface area contributed by atoms with Crippen LogP contribution in [-0.4, -0.2) is 27.2 Å². The van der Waals surface area contributed by atoms with Crippen molar-refractivity contribution in [3.05, 3.63) is 11.8 Å². The number of aliphatic hydroxyl groups excluding tert-OH is 1. The molecular weight excluding hydrogens is 294 g/mol. The maximum absolute atomic E-state index is 10.6. The van der Waals surface area contributed by atoms with Crippen LogP contribution in [0, 0.1) is 11.3 Å². The quantitative estimate of drug-likeness (QED) is 0.457. The van der Waals surface area contributed by atoms with Crippen molar-refractivity contribution in [3.8, 4) is 6.07 Å². The van der Waals surface area contributed by atoms with E-state index in [4.69, 9.17) is 4.43 Å². The van der Waals surface area contributed by atoms with Crippen molar-refractivity contribution in [2.45, 2.75) is 83.5 Å². The Balaban J connectivity index is 5.38. The van der Waals surface area contributed by atoms with Crippen molar-refractivity contribution in [1.82, 2.24) is 0 Å². The molecule has 0 saturated heterocycles. The number of aliphatic hydroxyl groups is 1. The smallest absolute Gasteiger partial charge is 0.251 e. The molecule has 0 aromatic carbocycles. The molecular formula is C16H33NO2Si2. The lowest BCUT2D eigenvalue weighted by Crippen LogP contribution is -2.49. The molecule has 1 atom stereocenters. The van der Waals surface area contributed by atoms with Crippen LogP contribution in [0.3, 0.4) is 0 Å². The maximum Gasteiger partial charge on any atom is 0.251 e. The molecule has 0 aliphatic carbocycles. The summed E-state index contributed by atoms with van der Waals surface area (Å²) in [5, 5.41) is 20.0. The maximum atomic E-state index is 10.6. The molecule has 0 amide bonds. The van der Waals surface area contributed by atoms with Gasteiger partial charge in [0.05, 0.1) is 13.8 Å². The van der Waals surface area contributed by atoms with Gasteiger partial charge in [0.15, 0.2) is 5.76 Å². The summed E-state index contributed by atoms with van der Waals surface area (Å²) < 4.78 is 6.03. The number of rotatable bonds is 4. The van der Waals surface area contributed by atoms with Gasteiger partial charge in [0.25, 0.3) is 8.32 Å². The Morgan fingerprint density at radius 1 is 1.05 bits per heavy atom. The van der Waals surface area contributed by atoms with Crippen molar-refractivity contribution in [2.24, 2.45) is 0 Å². The lowest BCUT2D eigenvalue weighted by atomic mass is 10.2. The molecule has 0 aromatic heterocycles. The molecule has 0 aromatic rings. The van der Waals surface area contributed by atoms with Gasteiger partial charge in [0, 0.05) is 0 Å². The van der Waals surface area contributed by atoms with Crippen LogP contribution in [0.5, 0.6) is 0 Å². The molecule has 0 fully saturated rings. The molecule has 3 nitrogen and oxygen atoms in total. The Morgan fingerprint density at radius 2 is 1.48 bits per heavy atom. The number of hydrogen-bond acceptors (Lipinski definition) is 3. The number of allylic oxidation sites excluding steroid dienone is 1. The summed E-state index contributed by atoms with van der Waals surface area (Å²) in [5.74, 6) is 0.277. The van der Waals surface area contributed by atoms with Gasteiger partial charge in [-0.05, 0) is 29.2 Å². The fourth-order valence-corrected chi connectivity index (χ4v) is 3.74. The topological polar surface area (TPSA) is 53.2 Å². The van der Waals surface area contributed by atoms with Gasteiger partial charge >= 0.3 is 0 Å². The Bertz CT molecular complexity index is 435. The third-order valence-electron chi connectivity index (χ3n) is 5.26. The summed E-state index contributed by atoms with van der Waals surface area (Å²) in [6.45, 7) is 21.4. The number of nitriles is 1. The van der Waals surface area contributed by atoms with Gasteiger partial charge in [-0.15, -0.1) is 0 Å². The third kappa shape index (κ3) is 4.98. The summed E-state index contributed by atoms with van der Waals surface area (Å²) in [6, 6.07) is 2.12. The van der Waals surface area contributed by atoms with E-state index in [0.29, 0.717) is 0 Å². The van der Waals surface area contributed by atoms with Crippen LogP contribution in [0.2, 0.25) is 36.3 Å². The van der Waals surface area contributed by atoms with Crippen LogP contribution in [0.15, 0.2) is 11.8 Å². The van der Waals surface area contributed by atoms with E-state index in [2.05, 4.69) is 73.8 Å². The van der Waals surface area contributed by atoms with Crippen LogP contribution in [0.4, 0.5) is 0 Å². The van der Waals surface area contributed by atoms with Crippen molar-refractivity contribution in [3.63, 3.8) is 0 Å². The van der Waals surface area contributed by atoms with Gasteiger partial charge in [-0.1, -0.05) is 54.6 Å². The van der Waals surface area contributed by atoms with E-state index >= 15 is 0 Å². The lowest BCUT2D eigenvalue weighted by Gasteiger charge is -2.40. The van der Waals surface area contributed by atoms with E-state index < -0.39 is 22.1 Å². The molecule has 0 saturated carbocycles. The second-order valence-corrected chi connectivity index (χ2v) is 19.2. The zero-order valence-corrected chi connectivity index (χ0v) is 17.5. The van der Waals surface area contributed by atoms with E-state index in [1.807, 2.05) is 0 Å². The van der Waals surface area contributed by atoms with Crippen LogP contribution < -0.4 is 0 Å². The zero-order chi connectivity index (χ0) is 17.3. The number of hydrogen-bond donors (Lipinski definition) is 1. The SMILES string of the molecule is CC(C)(C)[Si](C)(C)O/C(C#N)=C\[C@H](O)[Si](C)(C)C(C)(C)C. The minimum Gasteiger partial charge on any atom is -0.537 e. The van der Waals surface area contributed by atoms with Crippen LogP contribution in [-0.2, 0) is 4.43 Å². The van der Waals surface area contributed by atoms with E-state index in [-0.39, 0.29) is 15.8 Å². The molecule has 122 valence electrons. The van der Waals surface area contributed by atoms with E-state index in [1.54, 1.807) is 6.08 Å². The normalized spacial score (nSPS) is 16.4. The largest absolute Gasteiger partial charge is 0.537 e. The van der Waals surface area contributed by atoms with Gasteiger partial charge in [0.2, 0.25) is 0 Å². The second kappa shape index (κ2) is 6.27. The van der Waals surface area contributed by atoms with Gasteiger partial charge in [-0.2, -0.15) is 5.26 Å². The average molecular weight is 328 g/mol. The molecule has 0 bridgehead atoms. The Hall–Kier alpha value is -0.576. The van der Waals surface area contributed by atoms with Gasteiger partial charge in [-0.3, -0.25) is 0 Å². The fraction of sp³-hybridized carbons (Fsp3) is 0.812. The third-order valence-corrected chi connectivity index (χ3v) is 15.1. The standard InChI is InChI=1S/C16H33NO2Si2/c1-15(2,3)20(7,8)14(18)11-13(12-17)19-21(9,10)16(4,5)6/h11,14,18H,1-10H3/b13-11-/t14-/m1/s1. The summed E-state index contributed by atoms with van der Waals surface area (Å²) in [7, 11) is -3.99. The van der Waals surface area contributed by atoms with Crippen LogP contribution >= 0.6 is 0 Å². The van der Waals surface area contributed by atoms with E-state index in [0.717, 1.165) is 0 Å². The fourth-order valence-electron chi connectivity index (χ4n) is 1.32. The van der Waals surface area contributed by atoms with Crippen molar-refractivity contribution >= 4 is 16.4 Å². The predicted molar refractivity (Wildman–Crippen MR) is 95.2 cm³/mol. The van der Waals surface area contributed by atoms with E-state index in [1.165, 1.54) is 0 Å². The monoisotopic (exact) mass is 327 g/mol. The Labute approximate surface area is 133 Å². The Kier molecular flexibility index (Phi) is 6.10. The summed E-state index contributed by atoms with van der Waals surface area (Å²) in [4.78, 5) is 0.